The van der Waals surface area contributed by atoms with Crippen LogP contribution in [0.5, 0.6) is 5.75 Å². The Labute approximate surface area is 201 Å². The smallest absolute Gasteiger partial charge is 0.248 e. The van der Waals surface area contributed by atoms with Crippen LogP contribution in [-0.4, -0.2) is 50.6 Å². The van der Waals surface area contributed by atoms with Gasteiger partial charge in [0.05, 0.1) is 13.2 Å². The molecule has 0 spiro atoms. The van der Waals surface area contributed by atoms with Gasteiger partial charge >= 0.3 is 0 Å². The molecule has 0 radical (unpaired) electrons. The number of aliphatic imine (C=N–C) groups is 1. The molecule has 4 N–H and O–H groups in total. The van der Waals surface area contributed by atoms with E-state index in [4.69, 9.17) is 10.5 Å². The highest BCUT2D eigenvalue weighted by Crippen LogP contribution is 2.31. The van der Waals surface area contributed by atoms with E-state index in [-0.39, 0.29) is 30.0 Å². The molecule has 0 saturated carbocycles. The summed E-state index contributed by atoms with van der Waals surface area (Å²) in [5, 5.41) is 6.80. The van der Waals surface area contributed by atoms with Crippen molar-refractivity contribution in [3.8, 4) is 5.75 Å². The number of hydrogen-bond acceptors (Lipinski definition) is 4. The van der Waals surface area contributed by atoms with Gasteiger partial charge in [0.2, 0.25) is 5.91 Å². The van der Waals surface area contributed by atoms with Crippen LogP contribution in [0.25, 0.3) is 0 Å². The van der Waals surface area contributed by atoms with Gasteiger partial charge in [0.1, 0.15) is 5.75 Å². The lowest BCUT2D eigenvalue weighted by molar-refractivity contribution is 0.100. The van der Waals surface area contributed by atoms with Gasteiger partial charge in [-0.3, -0.25) is 14.7 Å². The summed E-state index contributed by atoms with van der Waals surface area (Å²) in [6.07, 6.45) is 2.44. The van der Waals surface area contributed by atoms with E-state index in [1.54, 1.807) is 26.3 Å². The van der Waals surface area contributed by atoms with Crippen molar-refractivity contribution in [3.05, 3.63) is 65.2 Å². The molecule has 7 nitrogen and oxygen atoms in total. The minimum absolute atomic E-state index is 0. The molecular weight excluding hydrogens is 505 g/mol. The van der Waals surface area contributed by atoms with E-state index >= 15 is 0 Å². The van der Waals surface area contributed by atoms with Gasteiger partial charge in [-0.2, -0.15) is 0 Å². The molecule has 8 heteroatoms. The fraction of sp³-hybridized carbons (Fsp3) is 0.391. The molecule has 0 aliphatic carbocycles. The van der Waals surface area contributed by atoms with Crippen molar-refractivity contribution >= 4 is 35.8 Å². The van der Waals surface area contributed by atoms with Crippen molar-refractivity contribution < 1.29 is 9.53 Å². The Kier molecular flexibility index (Phi) is 10.1. The van der Waals surface area contributed by atoms with Gasteiger partial charge in [0.25, 0.3) is 0 Å². The van der Waals surface area contributed by atoms with Gasteiger partial charge < -0.3 is 21.1 Å². The normalized spacial score (nSPS) is 15.1. The van der Waals surface area contributed by atoms with E-state index in [0.29, 0.717) is 12.1 Å². The van der Waals surface area contributed by atoms with E-state index in [2.05, 4.69) is 32.7 Å². The average molecular weight is 537 g/mol. The number of hydrogen-bond donors (Lipinski definition) is 3. The molecule has 3 rings (SSSR count). The quantitative estimate of drug-likeness (QED) is 0.274. The molecule has 2 aromatic carbocycles. The number of halogens is 1. The summed E-state index contributed by atoms with van der Waals surface area (Å²) in [5.74, 6) is 1.22. The maximum absolute atomic E-state index is 11.2. The zero-order valence-electron chi connectivity index (χ0n) is 18.1. The van der Waals surface area contributed by atoms with E-state index in [9.17, 15) is 4.79 Å². The van der Waals surface area contributed by atoms with Gasteiger partial charge in [0.15, 0.2) is 5.96 Å². The number of carbonyl (C=O) groups excluding carboxylic acids is 1. The first-order valence-electron chi connectivity index (χ1n) is 10.3. The fourth-order valence-electron chi connectivity index (χ4n) is 3.82. The molecule has 1 fully saturated rings. The number of nitrogens with one attached hydrogen (secondary N) is 2. The van der Waals surface area contributed by atoms with Gasteiger partial charge in [-0.25, -0.2) is 0 Å². The zero-order chi connectivity index (χ0) is 21.3. The van der Waals surface area contributed by atoms with Crippen LogP contribution in [-0.2, 0) is 6.54 Å². The minimum Gasteiger partial charge on any atom is -0.496 e. The SMILES string of the molecule is CN=C(NCc1ccc(C(N)=O)cc1)NCC(c1ccccc1OC)N1CCCC1.I. The van der Waals surface area contributed by atoms with Crippen molar-refractivity contribution in [2.75, 3.05) is 33.8 Å². The summed E-state index contributed by atoms with van der Waals surface area (Å²) in [5.41, 5.74) is 8.04. The van der Waals surface area contributed by atoms with E-state index in [0.717, 1.165) is 36.9 Å². The van der Waals surface area contributed by atoms with Gasteiger partial charge in [-0.15, -0.1) is 24.0 Å². The van der Waals surface area contributed by atoms with Crippen LogP contribution >= 0.6 is 24.0 Å². The van der Waals surface area contributed by atoms with Crippen molar-refractivity contribution in [3.63, 3.8) is 0 Å². The number of methoxy groups -OCH3 is 1. The van der Waals surface area contributed by atoms with Crippen LogP contribution in [0.2, 0.25) is 0 Å². The largest absolute Gasteiger partial charge is 0.496 e. The summed E-state index contributed by atoms with van der Waals surface area (Å²) in [6.45, 7) is 3.49. The average Bonchev–Trinajstić information content (AvgIpc) is 3.31. The summed E-state index contributed by atoms with van der Waals surface area (Å²) in [4.78, 5) is 18.1. The number of guanidine groups is 1. The lowest BCUT2D eigenvalue weighted by Crippen LogP contribution is -2.42. The molecular formula is C23H32IN5O2. The fourth-order valence-corrected chi connectivity index (χ4v) is 3.82. The number of amides is 1. The van der Waals surface area contributed by atoms with Crippen molar-refractivity contribution in [2.45, 2.75) is 25.4 Å². The molecule has 0 bridgehead atoms. The highest BCUT2D eigenvalue weighted by molar-refractivity contribution is 14.0. The van der Waals surface area contributed by atoms with Crippen molar-refractivity contribution in [1.29, 1.82) is 0 Å². The Morgan fingerprint density at radius 3 is 2.42 bits per heavy atom. The Balaban J connectivity index is 0.00000341. The topological polar surface area (TPSA) is 92.0 Å². The molecule has 1 atom stereocenters. The summed E-state index contributed by atoms with van der Waals surface area (Å²) < 4.78 is 5.62. The van der Waals surface area contributed by atoms with Gasteiger partial charge in [-0.05, 0) is 49.7 Å². The lowest BCUT2D eigenvalue weighted by Gasteiger charge is -2.30. The van der Waals surface area contributed by atoms with Crippen LogP contribution in [0.4, 0.5) is 0 Å². The molecule has 0 aromatic heterocycles. The Morgan fingerprint density at radius 1 is 1.13 bits per heavy atom. The van der Waals surface area contributed by atoms with Crippen LogP contribution in [0, 0.1) is 0 Å². The number of carbonyl (C=O) groups is 1. The standard InChI is InChI=1S/C23H31N5O2.HI/c1-25-23(26-15-17-9-11-18(12-10-17)22(24)29)27-16-20(28-13-5-6-14-28)19-7-3-4-8-21(19)30-2;/h3-4,7-12,20H,5-6,13-16H2,1-2H3,(H2,24,29)(H2,25,26,27);1H. The van der Waals surface area contributed by atoms with Gasteiger partial charge in [-0.1, -0.05) is 30.3 Å². The molecule has 1 aliphatic heterocycles. The Hall–Kier alpha value is -2.33. The monoisotopic (exact) mass is 537 g/mol. The number of rotatable bonds is 8. The lowest BCUT2D eigenvalue weighted by atomic mass is 10.0. The predicted molar refractivity (Wildman–Crippen MR) is 135 cm³/mol. The number of para-hydroxylation sites is 1. The third kappa shape index (κ3) is 6.83. The van der Waals surface area contributed by atoms with Crippen molar-refractivity contribution in [2.24, 2.45) is 10.7 Å². The molecule has 1 saturated heterocycles. The number of benzene rings is 2. The van der Waals surface area contributed by atoms with Crippen molar-refractivity contribution in [1.82, 2.24) is 15.5 Å². The molecule has 1 heterocycles. The maximum atomic E-state index is 11.2. The van der Waals surface area contributed by atoms with Gasteiger partial charge in [0, 0.05) is 31.3 Å². The number of nitrogens with zero attached hydrogens (tertiary/aromatic N) is 2. The maximum Gasteiger partial charge on any atom is 0.248 e. The van der Waals surface area contributed by atoms with E-state index in [1.165, 1.54) is 18.4 Å². The third-order valence-corrected chi connectivity index (χ3v) is 5.46. The van der Waals surface area contributed by atoms with Crippen LogP contribution < -0.4 is 21.1 Å². The molecule has 168 valence electrons. The minimum atomic E-state index is -0.420. The highest BCUT2D eigenvalue weighted by Gasteiger charge is 2.26. The highest BCUT2D eigenvalue weighted by atomic mass is 127. The Bertz CT molecular complexity index is 867. The number of primary amides is 1. The molecule has 1 amide bonds. The van der Waals surface area contributed by atoms with Crippen LogP contribution in [0.1, 0.15) is 40.4 Å². The second-order valence-electron chi connectivity index (χ2n) is 7.37. The Morgan fingerprint density at radius 2 is 1.81 bits per heavy atom. The first-order chi connectivity index (χ1) is 14.6. The predicted octanol–water partition coefficient (Wildman–Crippen LogP) is 2.91. The summed E-state index contributed by atoms with van der Waals surface area (Å²) >= 11 is 0. The van der Waals surface area contributed by atoms with E-state index in [1.807, 2.05) is 24.3 Å². The number of nitrogens with two attached hydrogens (primary N) is 1. The second kappa shape index (κ2) is 12.5. The zero-order valence-corrected chi connectivity index (χ0v) is 20.5. The molecule has 31 heavy (non-hydrogen) atoms. The van der Waals surface area contributed by atoms with Crippen LogP contribution in [0.3, 0.4) is 0 Å². The van der Waals surface area contributed by atoms with Crippen LogP contribution in [0.15, 0.2) is 53.5 Å². The number of ether oxygens (including phenoxy) is 1. The molecule has 1 aliphatic rings. The number of likely N-dealkylation sites (tertiary alicyclic amines) is 1. The summed E-state index contributed by atoms with van der Waals surface area (Å²) in [6, 6.07) is 15.7. The molecule has 1 unspecified atom stereocenters. The van der Waals surface area contributed by atoms with E-state index < -0.39 is 5.91 Å². The first kappa shape index (κ1) is 24.9. The second-order valence-corrected chi connectivity index (χ2v) is 7.37. The summed E-state index contributed by atoms with van der Waals surface area (Å²) in [7, 11) is 3.48. The first-order valence-corrected chi connectivity index (χ1v) is 10.3. The molecule has 2 aromatic rings. The third-order valence-electron chi connectivity index (χ3n) is 5.46.